The maximum atomic E-state index is 13.8. The minimum Gasteiger partial charge on any atom is -0.464 e. The summed E-state index contributed by atoms with van der Waals surface area (Å²) in [6.45, 7) is 1.53. The highest BCUT2D eigenvalue weighted by Crippen LogP contribution is 2.30. The smallest absolute Gasteiger partial charge is 0.251 e. The molecule has 1 aliphatic rings. The van der Waals surface area contributed by atoms with Gasteiger partial charge in [0.15, 0.2) is 6.04 Å². The molecular formula is C28H29FN6O3. The molecule has 38 heavy (non-hydrogen) atoms. The summed E-state index contributed by atoms with van der Waals surface area (Å²) in [5, 5.41) is 15.5. The summed E-state index contributed by atoms with van der Waals surface area (Å²) in [4.78, 5) is 30.2. The lowest BCUT2D eigenvalue weighted by Gasteiger charge is -2.32. The molecular weight excluding hydrogens is 487 g/mol. The van der Waals surface area contributed by atoms with Crippen LogP contribution in [0, 0.1) is 12.7 Å². The molecule has 1 N–H and O–H groups in total. The van der Waals surface area contributed by atoms with Crippen molar-refractivity contribution in [2.24, 2.45) is 0 Å². The first-order valence-electron chi connectivity index (χ1n) is 12.8. The van der Waals surface area contributed by atoms with Crippen LogP contribution in [0.1, 0.15) is 49.7 Å². The van der Waals surface area contributed by atoms with Gasteiger partial charge in [0.05, 0.1) is 0 Å². The van der Waals surface area contributed by atoms with E-state index < -0.39 is 11.9 Å². The molecule has 2 aromatic carbocycles. The van der Waals surface area contributed by atoms with E-state index in [1.807, 2.05) is 6.07 Å². The summed E-state index contributed by atoms with van der Waals surface area (Å²) in [5.74, 6) is 0.168. The zero-order chi connectivity index (χ0) is 26.5. The summed E-state index contributed by atoms with van der Waals surface area (Å²) in [6.07, 6.45) is 5.09. The molecule has 0 aliphatic heterocycles. The molecule has 0 radical (unpaired) electrons. The number of amides is 2. The number of carbonyl (C=O) groups is 2. The molecule has 1 aliphatic carbocycles. The molecule has 10 heteroatoms. The van der Waals surface area contributed by atoms with Crippen LogP contribution in [-0.2, 0) is 16.1 Å². The average molecular weight is 517 g/mol. The SMILES string of the molecule is Cc1ccc([C@@H](C(=O)NC2CCCCC2)N(C(=O)Cn2nnc(-c3ccc(F)cc3)n2)c2ccccc2)o1. The first-order valence-corrected chi connectivity index (χ1v) is 12.8. The molecule has 0 spiro atoms. The molecule has 4 aromatic rings. The molecule has 1 fully saturated rings. The van der Waals surface area contributed by atoms with Crippen LogP contribution >= 0.6 is 0 Å². The molecule has 1 saturated carbocycles. The number of tetrazole rings is 1. The van der Waals surface area contributed by atoms with Crippen molar-refractivity contribution in [3.8, 4) is 11.4 Å². The number of nitrogens with zero attached hydrogens (tertiary/aromatic N) is 5. The van der Waals surface area contributed by atoms with Gasteiger partial charge in [-0.3, -0.25) is 14.5 Å². The van der Waals surface area contributed by atoms with E-state index in [2.05, 4.69) is 20.7 Å². The third kappa shape index (κ3) is 5.80. The third-order valence-corrected chi connectivity index (χ3v) is 6.62. The maximum absolute atomic E-state index is 13.8. The molecule has 9 nitrogen and oxygen atoms in total. The van der Waals surface area contributed by atoms with Crippen LogP contribution in [0.3, 0.4) is 0 Å². The number of hydrogen-bond acceptors (Lipinski definition) is 6. The number of aryl methyl sites for hydroxylation is 1. The van der Waals surface area contributed by atoms with E-state index in [0.717, 1.165) is 32.1 Å². The summed E-state index contributed by atoms with van der Waals surface area (Å²) in [7, 11) is 0. The largest absolute Gasteiger partial charge is 0.464 e. The van der Waals surface area contributed by atoms with Crippen LogP contribution in [0.4, 0.5) is 10.1 Å². The van der Waals surface area contributed by atoms with Gasteiger partial charge in [0.1, 0.15) is 23.9 Å². The monoisotopic (exact) mass is 516 g/mol. The second kappa shape index (κ2) is 11.4. The first kappa shape index (κ1) is 25.3. The van der Waals surface area contributed by atoms with Crippen LogP contribution in [0.15, 0.2) is 71.1 Å². The predicted molar refractivity (Wildman–Crippen MR) is 138 cm³/mol. The number of para-hydroxylation sites is 1. The lowest BCUT2D eigenvalue weighted by Crippen LogP contribution is -2.48. The van der Waals surface area contributed by atoms with E-state index in [1.54, 1.807) is 55.5 Å². The quantitative estimate of drug-likeness (QED) is 0.367. The molecule has 196 valence electrons. The van der Waals surface area contributed by atoms with Crippen molar-refractivity contribution in [2.75, 3.05) is 4.90 Å². The van der Waals surface area contributed by atoms with Crippen LogP contribution in [0.2, 0.25) is 0 Å². The maximum Gasteiger partial charge on any atom is 0.251 e. The van der Waals surface area contributed by atoms with Crippen molar-refractivity contribution in [3.63, 3.8) is 0 Å². The highest BCUT2D eigenvalue weighted by molar-refractivity contribution is 6.01. The van der Waals surface area contributed by atoms with Gasteiger partial charge in [-0.15, -0.1) is 10.2 Å². The zero-order valence-corrected chi connectivity index (χ0v) is 21.1. The Bertz CT molecular complexity index is 1380. The number of carbonyl (C=O) groups excluding carboxylic acids is 2. The normalized spacial score (nSPS) is 14.7. The third-order valence-electron chi connectivity index (χ3n) is 6.62. The van der Waals surface area contributed by atoms with Gasteiger partial charge in [0.2, 0.25) is 5.82 Å². The van der Waals surface area contributed by atoms with Crippen molar-refractivity contribution < 1.29 is 18.4 Å². The van der Waals surface area contributed by atoms with Gasteiger partial charge < -0.3 is 9.73 Å². The fourth-order valence-corrected chi connectivity index (χ4v) is 4.75. The summed E-state index contributed by atoms with van der Waals surface area (Å²) in [6, 6.07) is 17.2. The number of nitrogens with one attached hydrogen (secondary N) is 1. The van der Waals surface area contributed by atoms with Gasteiger partial charge in [0, 0.05) is 17.3 Å². The van der Waals surface area contributed by atoms with Gasteiger partial charge in [-0.05, 0) is 73.5 Å². The average Bonchev–Trinajstić information content (AvgIpc) is 3.57. The van der Waals surface area contributed by atoms with Gasteiger partial charge in [-0.1, -0.05) is 37.5 Å². The number of hydrogen-bond donors (Lipinski definition) is 1. The molecule has 2 heterocycles. The first-order chi connectivity index (χ1) is 18.5. The Balaban J connectivity index is 1.46. The van der Waals surface area contributed by atoms with Gasteiger partial charge in [-0.2, -0.15) is 4.80 Å². The number of halogens is 1. The standard InChI is InChI=1S/C28H29FN6O3/c1-19-12-17-24(38-19)26(28(37)30-22-8-4-2-5-9-22)35(23-10-6-3-7-11-23)25(36)18-34-32-27(31-33-34)20-13-15-21(29)16-14-20/h3,6-7,10-17,22,26H,2,4-5,8-9,18H2,1H3,(H,30,37)/t26-/m0/s1. The number of rotatable bonds is 8. The Morgan fingerprint density at radius 2 is 1.79 bits per heavy atom. The van der Waals surface area contributed by atoms with Crippen molar-refractivity contribution in [1.82, 2.24) is 25.5 Å². The Morgan fingerprint density at radius 3 is 2.47 bits per heavy atom. The van der Waals surface area contributed by atoms with Crippen molar-refractivity contribution in [3.05, 3.63) is 84.1 Å². The Labute approximate surface area is 219 Å². The van der Waals surface area contributed by atoms with Gasteiger partial charge in [0.25, 0.3) is 11.8 Å². The molecule has 5 rings (SSSR count). The fourth-order valence-electron chi connectivity index (χ4n) is 4.75. The molecule has 2 aromatic heterocycles. The van der Waals surface area contributed by atoms with Crippen molar-refractivity contribution in [2.45, 2.75) is 57.7 Å². The van der Waals surface area contributed by atoms with Gasteiger partial charge >= 0.3 is 0 Å². The van der Waals surface area contributed by atoms with E-state index in [9.17, 15) is 14.0 Å². The van der Waals surface area contributed by atoms with E-state index in [4.69, 9.17) is 4.42 Å². The van der Waals surface area contributed by atoms with E-state index in [-0.39, 0.29) is 30.1 Å². The number of furan rings is 1. The molecule has 0 bridgehead atoms. The second-order valence-electron chi connectivity index (χ2n) is 9.44. The van der Waals surface area contributed by atoms with Crippen molar-refractivity contribution in [1.29, 1.82) is 0 Å². The van der Waals surface area contributed by atoms with E-state index in [1.165, 1.54) is 21.8 Å². The number of anilines is 1. The summed E-state index contributed by atoms with van der Waals surface area (Å²) < 4.78 is 19.2. The second-order valence-corrected chi connectivity index (χ2v) is 9.44. The highest BCUT2D eigenvalue weighted by Gasteiger charge is 2.36. The minimum absolute atomic E-state index is 0.0535. The van der Waals surface area contributed by atoms with Crippen molar-refractivity contribution >= 4 is 17.5 Å². The Hall–Kier alpha value is -4.34. The lowest BCUT2D eigenvalue weighted by atomic mass is 9.95. The summed E-state index contributed by atoms with van der Waals surface area (Å²) in [5.41, 5.74) is 1.11. The van der Waals surface area contributed by atoms with Crippen LogP contribution in [0.5, 0.6) is 0 Å². The molecule has 1 atom stereocenters. The highest BCUT2D eigenvalue weighted by atomic mass is 19.1. The number of aromatic nitrogens is 4. The minimum atomic E-state index is -1.03. The predicted octanol–water partition coefficient (Wildman–Crippen LogP) is 4.60. The molecule has 2 amide bonds. The Morgan fingerprint density at radius 1 is 1.05 bits per heavy atom. The summed E-state index contributed by atoms with van der Waals surface area (Å²) >= 11 is 0. The molecule has 0 unspecified atom stereocenters. The van der Waals surface area contributed by atoms with Crippen LogP contribution < -0.4 is 10.2 Å². The van der Waals surface area contributed by atoms with Gasteiger partial charge in [-0.25, -0.2) is 4.39 Å². The lowest BCUT2D eigenvalue weighted by molar-refractivity contribution is -0.128. The molecule has 0 saturated heterocycles. The van der Waals surface area contributed by atoms with Crippen LogP contribution in [0.25, 0.3) is 11.4 Å². The van der Waals surface area contributed by atoms with Crippen LogP contribution in [-0.4, -0.2) is 38.1 Å². The fraction of sp³-hybridized carbons (Fsp3) is 0.321. The topological polar surface area (TPSA) is 106 Å². The number of benzene rings is 2. The zero-order valence-electron chi connectivity index (χ0n) is 21.1. The van der Waals surface area contributed by atoms with E-state index >= 15 is 0 Å². The van der Waals surface area contributed by atoms with E-state index in [0.29, 0.717) is 22.8 Å². The Kier molecular flexibility index (Phi) is 7.57.